The van der Waals surface area contributed by atoms with Gasteiger partial charge in [0.25, 0.3) is 10.0 Å². The summed E-state index contributed by atoms with van der Waals surface area (Å²) in [6.45, 7) is 9.11. The van der Waals surface area contributed by atoms with Crippen LogP contribution in [-0.4, -0.2) is 43.8 Å². The lowest BCUT2D eigenvalue weighted by molar-refractivity contribution is -0.140. The van der Waals surface area contributed by atoms with Crippen LogP contribution in [0.3, 0.4) is 0 Å². The second kappa shape index (κ2) is 13.8. The van der Waals surface area contributed by atoms with Crippen LogP contribution in [-0.2, 0) is 26.2 Å². The Morgan fingerprint density at radius 3 is 2.15 bits per heavy atom. The number of nitrogens with one attached hydrogen (secondary N) is 1. The van der Waals surface area contributed by atoms with Crippen LogP contribution in [0.1, 0.15) is 50.3 Å². The van der Waals surface area contributed by atoms with E-state index >= 15 is 0 Å². The number of aryl methyl sites for hydroxylation is 2. The van der Waals surface area contributed by atoms with Gasteiger partial charge in [0.15, 0.2) is 0 Å². The lowest BCUT2D eigenvalue weighted by Crippen LogP contribution is -2.53. The van der Waals surface area contributed by atoms with E-state index in [9.17, 15) is 18.0 Å². The first-order valence-corrected chi connectivity index (χ1v) is 15.3. The molecule has 0 aliphatic rings. The fourth-order valence-electron chi connectivity index (χ4n) is 4.47. The fraction of sp³-hybridized carbons (Fsp3) is 0.355. The number of carbonyl (C=O) groups is 2. The highest BCUT2D eigenvalue weighted by Gasteiger charge is 2.34. The number of hydrogen-bond acceptors (Lipinski definition) is 4. The lowest BCUT2D eigenvalue weighted by atomic mass is 10.1. The summed E-state index contributed by atoms with van der Waals surface area (Å²) >= 11 is 6.08. The van der Waals surface area contributed by atoms with E-state index in [1.165, 1.54) is 17.0 Å². The molecule has 1 N–H and O–H groups in total. The first-order chi connectivity index (χ1) is 19.0. The van der Waals surface area contributed by atoms with Gasteiger partial charge < -0.3 is 10.2 Å². The zero-order chi connectivity index (χ0) is 29.4. The van der Waals surface area contributed by atoms with Crippen molar-refractivity contribution in [3.05, 3.63) is 94.5 Å². The van der Waals surface area contributed by atoms with Gasteiger partial charge in [-0.1, -0.05) is 73.5 Å². The van der Waals surface area contributed by atoms with Crippen LogP contribution in [0.2, 0.25) is 5.02 Å². The van der Waals surface area contributed by atoms with Crippen LogP contribution >= 0.6 is 11.6 Å². The second-order valence-electron chi connectivity index (χ2n) is 10.0. The summed E-state index contributed by atoms with van der Waals surface area (Å²) < 4.78 is 29.0. The molecule has 0 bridgehead atoms. The molecular weight excluding hydrogens is 546 g/mol. The number of nitrogens with zero attached hydrogens (tertiary/aromatic N) is 2. The minimum absolute atomic E-state index is 0.0702. The quantitative estimate of drug-likeness (QED) is 0.289. The molecule has 3 rings (SSSR count). The van der Waals surface area contributed by atoms with Crippen LogP contribution in [0.15, 0.2) is 77.7 Å². The number of benzene rings is 3. The van der Waals surface area contributed by atoms with Crippen molar-refractivity contribution in [2.24, 2.45) is 0 Å². The average Bonchev–Trinajstić information content (AvgIpc) is 2.93. The second-order valence-corrected chi connectivity index (χ2v) is 12.3. The zero-order valence-corrected chi connectivity index (χ0v) is 25.3. The lowest BCUT2D eigenvalue weighted by Gasteiger charge is -2.34. The van der Waals surface area contributed by atoms with Gasteiger partial charge in [0.1, 0.15) is 12.6 Å². The van der Waals surface area contributed by atoms with E-state index in [1.54, 1.807) is 48.5 Å². The number of hydrogen-bond donors (Lipinski definition) is 1. The number of anilines is 1. The molecule has 0 spiro atoms. The monoisotopic (exact) mass is 583 g/mol. The molecule has 3 aromatic carbocycles. The Morgan fingerprint density at radius 2 is 1.57 bits per heavy atom. The summed E-state index contributed by atoms with van der Waals surface area (Å²) in [5, 5.41) is 3.54. The topological polar surface area (TPSA) is 86.8 Å². The summed E-state index contributed by atoms with van der Waals surface area (Å²) in [5.41, 5.74) is 2.88. The van der Waals surface area contributed by atoms with Crippen LogP contribution in [0.4, 0.5) is 5.69 Å². The summed E-state index contributed by atoms with van der Waals surface area (Å²) in [6.07, 6.45) is 1.10. The van der Waals surface area contributed by atoms with Crippen LogP contribution < -0.4 is 9.62 Å². The fourth-order valence-corrected chi connectivity index (χ4v) is 6.09. The molecule has 2 unspecified atom stereocenters. The molecular formula is C31H38ClN3O4S. The molecule has 0 saturated carbocycles. The van der Waals surface area contributed by atoms with Gasteiger partial charge in [-0.3, -0.25) is 13.9 Å². The van der Waals surface area contributed by atoms with Crippen molar-refractivity contribution in [1.82, 2.24) is 10.2 Å². The molecule has 0 aromatic heterocycles. The van der Waals surface area contributed by atoms with Crippen molar-refractivity contribution in [2.75, 3.05) is 10.8 Å². The van der Waals surface area contributed by atoms with E-state index in [-0.39, 0.29) is 23.4 Å². The highest BCUT2D eigenvalue weighted by Crippen LogP contribution is 2.28. The predicted octanol–water partition coefficient (Wildman–Crippen LogP) is 5.87. The maximum Gasteiger partial charge on any atom is 0.264 e. The minimum atomic E-state index is -4.10. The number of sulfonamides is 1. The van der Waals surface area contributed by atoms with Gasteiger partial charge >= 0.3 is 0 Å². The van der Waals surface area contributed by atoms with Crippen molar-refractivity contribution in [3.63, 3.8) is 0 Å². The number of rotatable bonds is 12. The van der Waals surface area contributed by atoms with Crippen molar-refractivity contribution in [2.45, 2.75) is 71.0 Å². The van der Waals surface area contributed by atoms with Crippen LogP contribution in [0.5, 0.6) is 0 Å². The summed E-state index contributed by atoms with van der Waals surface area (Å²) in [7, 11) is -4.10. The Hall–Kier alpha value is -3.36. The third kappa shape index (κ3) is 7.64. The summed E-state index contributed by atoms with van der Waals surface area (Å²) in [5.74, 6) is -0.760. The Kier molecular flexibility index (Phi) is 10.8. The minimum Gasteiger partial charge on any atom is -0.352 e. The number of halogens is 1. The highest BCUT2D eigenvalue weighted by atomic mass is 35.5. The summed E-state index contributed by atoms with van der Waals surface area (Å²) in [6, 6.07) is 19.6. The van der Waals surface area contributed by atoms with Gasteiger partial charge in [-0.15, -0.1) is 0 Å². The predicted molar refractivity (Wildman–Crippen MR) is 161 cm³/mol. The van der Waals surface area contributed by atoms with E-state index in [1.807, 2.05) is 46.8 Å². The molecule has 2 amide bonds. The standard InChI is InChI=1S/C31H38ClN3O4S/c1-6-24(5)33-31(37)28(7-2)34(20-25-14-16-26(32)17-15-25)30(36)21-35(29-18-13-22(3)19-23(29)4)40(38,39)27-11-9-8-10-12-27/h8-19,24,28H,6-7,20-21H2,1-5H3,(H,33,37). The van der Waals surface area contributed by atoms with Gasteiger partial charge in [0.2, 0.25) is 11.8 Å². The molecule has 214 valence electrons. The largest absolute Gasteiger partial charge is 0.352 e. The van der Waals surface area contributed by atoms with E-state index in [0.29, 0.717) is 17.1 Å². The van der Waals surface area contributed by atoms with Crippen molar-refractivity contribution in [1.29, 1.82) is 0 Å². The Morgan fingerprint density at radius 1 is 0.925 bits per heavy atom. The molecule has 7 nitrogen and oxygen atoms in total. The number of carbonyl (C=O) groups excluding carboxylic acids is 2. The Labute approximate surface area is 243 Å². The van der Waals surface area contributed by atoms with Gasteiger partial charge in [-0.2, -0.15) is 0 Å². The Bertz CT molecular complexity index is 1410. The van der Waals surface area contributed by atoms with E-state index in [4.69, 9.17) is 11.6 Å². The van der Waals surface area contributed by atoms with Gasteiger partial charge in [0.05, 0.1) is 10.6 Å². The SMILES string of the molecule is CCC(C)NC(=O)C(CC)N(Cc1ccc(Cl)cc1)C(=O)CN(c1ccc(C)cc1C)S(=O)(=O)c1ccccc1. The molecule has 0 saturated heterocycles. The molecule has 2 atom stereocenters. The first kappa shape index (κ1) is 31.2. The van der Waals surface area contributed by atoms with E-state index < -0.39 is 28.5 Å². The van der Waals surface area contributed by atoms with Crippen molar-refractivity contribution >= 4 is 39.1 Å². The smallest absolute Gasteiger partial charge is 0.264 e. The molecule has 0 radical (unpaired) electrons. The van der Waals surface area contributed by atoms with Gasteiger partial charge in [-0.25, -0.2) is 8.42 Å². The zero-order valence-electron chi connectivity index (χ0n) is 23.7. The van der Waals surface area contributed by atoms with E-state index in [2.05, 4.69) is 5.32 Å². The van der Waals surface area contributed by atoms with E-state index in [0.717, 1.165) is 27.4 Å². The summed E-state index contributed by atoms with van der Waals surface area (Å²) in [4.78, 5) is 29.0. The molecule has 0 fully saturated rings. The number of amides is 2. The maximum absolute atomic E-state index is 14.1. The molecule has 0 heterocycles. The molecule has 0 aliphatic carbocycles. The highest BCUT2D eigenvalue weighted by molar-refractivity contribution is 7.92. The van der Waals surface area contributed by atoms with Gasteiger partial charge in [0, 0.05) is 17.6 Å². The van der Waals surface area contributed by atoms with Crippen LogP contribution in [0, 0.1) is 13.8 Å². The Balaban J connectivity index is 2.07. The van der Waals surface area contributed by atoms with Gasteiger partial charge in [-0.05, 0) is 75.1 Å². The molecule has 0 aliphatic heterocycles. The molecule has 3 aromatic rings. The average molecular weight is 584 g/mol. The third-order valence-electron chi connectivity index (χ3n) is 6.88. The first-order valence-electron chi connectivity index (χ1n) is 13.5. The maximum atomic E-state index is 14.1. The molecule has 40 heavy (non-hydrogen) atoms. The van der Waals surface area contributed by atoms with Crippen LogP contribution in [0.25, 0.3) is 0 Å². The van der Waals surface area contributed by atoms with Crippen molar-refractivity contribution in [3.8, 4) is 0 Å². The molecule has 9 heteroatoms. The van der Waals surface area contributed by atoms with Crippen molar-refractivity contribution < 1.29 is 18.0 Å². The third-order valence-corrected chi connectivity index (χ3v) is 8.91. The normalized spacial score (nSPS) is 12.8.